The fourth-order valence-electron chi connectivity index (χ4n) is 2.03. The lowest BCUT2D eigenvalue weighted by molar-refractivity contribution is -0.121. The first-order valence-corrected chi connectivity index (χ1v) is 5.83. The maximum Gasteiger partial charge on any atom is 0.251 e. The van der Waals surface area contributed by atoms with E-state index in [4.69, 9.17) is 0 Å². The van der Waals surface area contributed by atoms with Gasteiger partial charge in [0, 0.05) is 4.90 Å². The average molecular weight is 250 g/mol. The summed E-state index contributed by atoms with van der Waals surface area (Å²) in [6, 6.07) is 5.07. The van der Waals surface area contributed by atoms with E-state index in [9.17, 15) is 9.59 Å². The molecule has 0 aliphatic carbocycles. The van der Waals surface area contributed by atoms with Crippen LogP contribution in [0.4, 0.5) is 5.69 Å². The Morgan fingerprint density at radius 1 is 1.41 bits per heavy atom. The Kier molecular flexibility index (Phi) is 3.22. The van der Waals surface area contributed by atoms with Gasteiger partial charge >= 0.3 is 0 Å². The van der Waals surface area contributed by atoms with Crippen LogP contribution in [0.3, 0.4) is 0 Å². The zero-order valence-corrected chi connectivity index (χ0v) is 10.6. The van der Waals surface area contributed by atoms with Crippen LogP contribution in [0.15, 0.2) is 23.1 Å². The zero-order chi connectivity index (χ0) is 12.6. The molecule has 1 aromatic rings. The molecule has 0 aromatic heterocycles. The third kappa shape index (κ3) is 1.96. The van der Waals surface area contributed by atoms with Crippen LogP contribution in [0.25, 0.3) is 0 Å². The number of nitrogens with one attached hydrogen (secondary N) is 1. The molecule has 1 saturated heterocycles. The number of hydrogen-bond acceptors (Lipinski definition) is 4. The molecule has 4 nitrogen and oxygen atoms in total. The highest BCUT2D eigenvalue weighted by Gasteiger charge is 2.39. The molecule has 1 aliphatic rings. The molecule has 1 aromatic carbocycles. The van der Waals surface area contributed by atoms with Crippen LogP contribution < -0.4 is 10.2 Å². The van der Waals surface area contributed by atoms with E-state index < -0.39 is 6.04 Å². The Morgan fingerprint density at radius 3 is 2.65 bits per heavy atom. The van der Waals surface area contributed by atoms with Gasteiger partial charge in [-0.1, -0.05) is 12.1 Å². The van der Waals surface area contributed by atoms with Crippen molar-refractivity contribution in [2.45, 2.75) is 24.3 Å². The number of thiol groups is 1. The van der Waals surface area contributed by atoms with E-state index in [-0.39, 0.29) is 18.2 Å². The van der Waals surface area contributed by atoms with Gasteiger partial charge in [0.1, 0.15) is 0 Å². The Labute approximate surface area is 105 Å². The van der Waals surface area contributed by atoms with Crippen LogP contribution in [0.1, 0.15) is 12.0 Å². The summed E-state index contributed by atoms with van der Waals surface area (Å²) in [6.45, 7) is 1.86. The van der Waals surface area contributed by atoms with Crippen molar-refractivity contribution >= 4 is 30.1 Å². The number of para-hydroxylation sites is 1. The van der Waals surface area contributed by atoms with Gasteiger partial charge < -0.3 is 5.32 Å². The number of aryl methyl sites for hydroxylation is 1. The second-order valence-corrected chi connectivity index (χ2v) is 4.54. The summed E-state index contributed by atoms with van der Waals surface area (Å²) >= 11 is 4.32. The smallest absolute Gasteiger partial charge is 0.251 e. The van der Waals surface area contributed by atoms with E-state index in [1.807, 2.05) is 19.1 Å². The zero-order valence-electron chi connectivity index (χ0n) is 9.73. The van der Waals surface area contributed by atoms with Crippen LogP contribution in [-0.2, 0) is 9.59 Å². The van der Waals surface area contributed by atoms with Crippen LogP contribution in [0.2, 0.25) is 0 Å². The Hall–Kier alpha value is -1.33. The molecule has 2 amide bonds. The third-order valence-electron chi connectivity index (χ3n) is 2.94. The maximum atomic E-state index is 12.1. The molecule has 0 spiro atoms. The molecule has 0 radical (unpaired) electrons. The number of carbonyl (C=O) groups is 2. The van der Waals surface area contributed by atoms with Crippen LogP contribution in [0.5, 0.6) is 0 Å². The van der Waals surface area contributed by atoms with Crippen molar-refractivity contribution < 1.29 is 9.59 Å². The quantitative estimate of drug-likeness (QED) is 0.611. The minimum absolute atomic E-state index is 0.182. The minimum Gasteiger partial charge on any atom is -0.308 e. The number of carbonyl (C=O) groups excluding carboxylic acids is 2. The Morgan fingerprint density at radius 2 is 2.12 bits per heavy atom. The number of amides is 2. The lowest BCUT2D eigenvalue weighted by Crippen LogP contribution is -2.37. The highest BCUT2D eigenvalue weighted by molar-refractivity contribution is 7.80. The fourth-order valence-corrected chi connectivity index (χ4v) is 2.39. The van der Waals surface area contributed by atoms with Gasteiger partial charge in [0.05, 0.1) is 18.2 Å². The summed E-state index contributed by atoms with van der Waals surface area (Å²) in [4.78, 5) is 25.8. The fraction of sp³-hybridized carbons (Fsp3) is 0.333. The molecule has 5 heteroatoms. The van der Waals surface area contributed by atoms with Crippen molar-refractivity contribution in [3.05, 3.63) is 23.8 Å². The summed E-state index contributed by atoms with van der Waals surface area (Å²) in [5.74, 6) is -0.388. The molecule has 1 heterocycles. The van der Waals surface area contributed by atoms with E-state index >= 15 is 0 Å². The van der Waals surface area contributed by atoms with Gasteiger partial charge in [-0.15, -0.1) is 12.6 Å². The number of nitrogens with zero attached hydrogens (tertiary/aromatic N) is 1. The molecule has 1 atom stereocenters. The van der Waals surface area contributed by atoms with E-state index in [1.165, 1.54) is 4.90 Å². The summed E-state index contributed by atoms with van der Waals surface area (Å²) < 4.78 is 0. The summed E-state index contributed by atoms with van der Waals surface area (Å²) in [5.41, 5.74) is 1.47. The summed E-state index contributed by atoms with van der Waals surface area (Å²) in [5, 5.41) is 2.85. The molecule has 1 unspecified atom stereocenters. The average Bonchev–Trinajstić information content (AvgIpc) is 2.56. The number of rotatable bonds is 2. The molecular formula is C12H14N2O2S. The van der Waals surface area contributed by atoms with E-state index in [1.54, 1.807) is 13.1 Å². The van der Waals surface area contributed by atoms with Crippen molar-refractivity contribution in [2.75, 3.05) is 11.9 Å². The highest BCUT2D eigenvalue weighted by Crippen LogP contribution is 2.31. The largest absolute Gasteiger partial charge is 0.308 e. The topological polar surface area (TPSA) is 49.4 Å². The van der Waals surface area contributed by atoms with Crippen LogP contribution in [-0.4, -0.2) is 24.9 Å². The molecular weight excluding hydrogens is 236 g/mol. The van der Waals surface area contributed by atoms with Crippen molar-refractivity contribution in [2.24, 2.45) is 0 Å². The van der Waals surface area contributed by atoms with Crippen LogP contribution in [0, 0.1) is 6.92 Å². The number of hydrogen-bond donors (Lipinski definition) is 2. The lowest BCUT2D eigenvalue weighted by Gasteiger charge is -2.19. The SMILES string of the molecule is CNC1CC(=O)N(c2c(C)cccc2S)C1=O. The van der Waals surface area contributed by atoms with Gasteiger partial charge in [-0.05, 0) is 25.6 Å². The predicted molar refractivity (Wildman–Crippen MR) is 68.4 cm³/mol. The van der Waals surface area contributed by atoms with Gasteiger partial charge in [0.15, 0.2) is 0 Å². The second-order valence-electron chi connectivity index (χ2n) is 4.06. The maximum absolute atomic E-state index is 12.1. The first-order chi connectivity index (χ1) is 8.06. The summed E-state index contributed by atoms with van der Waals surface area (Å²) in [7, 11) is 1.68. The van der Waals surface area contributed by atoms with Gasteiger partial charge in [-0.2, -0.15) is 0 Å². The summed E-state index contributed by atoms with van der Waals surface area (Å²) in [6.07, 6.45) is 0.205. The highest BCUT2D eigenvalue weighted by atomic mass is 32.1. The molecule has 0 saturated carbocycles. The number of imide groups is 1. The number of anilines is 1. The molecule has 1 aliphatic heterocycles. The van der Waals surface area contributed by atoms with Gasteiger partial charge in [-0.25, -0.2) is 4.90 Å². The predicted octanol–water partition coefficient (Wildman–Crippen LogP) is 1.14. The molecule has 1 N–H and O–H groups in total. The molecule has 2 rings (SSSR count). The van der Waals surface area contributed by atoms with Crippen LogP contribution >= 0.6 is 12.6 Å². The Balaban J connectivity index is 2.47. The minimum atomic E-state index is -0.421. The van der Waals surface area contributed by atoms with Gasteiger partial charge in [-0.3, -0.25) is 9.59 Å². The third-order valence-corrected chi connectivity index (χ3v) is 3.30. The number of likely N-dealkylation sites (N-methyl/N-ethyl adjacent to an activating group) is 1. The van der Waals surface area contributed by atoms with Crippen molar-refractivity contribution in [3.63, 3.8) is 0 Å². The molecule has 90 valence electrons. The monoisotopic (exact) mass is 250 g/mol. The van der Waals surface area contributed by atoms with Crippen molar-refractivity contribution in [1.82, 2.24) is 5.32 Å². The van der Waals surface area contributed by atoms with Gasteiger partial charge in [0.25, 0.3) is 5.91 Å². The molecule has 1 fully saturated rings. The van der Waals surface area contributed by atoms with E-state index in [2.05, 4.69) is 17.9 Å². The van der Waals surface area contributed by atoms with E-state index in [0.29, 0.717) is 10.6 Å². The normalized spacial score (nSPS) is 20.2. The first kappa shape index (κ1) is 12.1. The Bertz CT molecular complexity index is 467. The van der Waals surface area contributed by atoms with Crippen molar-refractivity contribution in [3.8, 4) is 0 Å². The number of benzene rings is 1. The molecule has 0 bridgehead atoms. The second kappa shape index (κ2) is 4.50. The standard InChI is InChI=1S/C12H14N2O2S/c1-7-4-3-5-9(17)11(7)14-10(15)6-8(13-2)12(14)16/h3-5,8,13,17H,6H2,1-2H3. The van der Waals surface area contributed by atoms with E-state index in [0.717, 1.165) is 5.56 Å². The molecule has 17 heavy (non-hydrogen) atoms. The van der Waals surface area contributed by atoms with Gasteiger partial charge in [0.2, 0.25) is 5.91 Å². The first-order valence-electron chi connectivity index (χ1n) is 5.39. The lowest BCUT2D eigenvalue weighted by atomic mass is 10.2. The van der Waals surface area contributed by atoms with Crippen molar-refractivity contribution in [1.29, 1.82) is 0 Å².